The molecule has 1 atom stereocenters. The van der Waals surface area contributed by atoms with Crippen LogP contribution in [-0.2, 0) is 4.79 Å². The first-order valence-corrected chi connectivity index (χ1v) is 5.41. The molecule has 0 radical (unpaired) electrons. The number of carbonyl (C=O) groups is 2. The molecule has 1 aromatic heterocycles. The van der Waals surface area contributed by atoms with E-state index in [9.17, 15) is 22.8 Å². The zero-order valence-electron chi connectivity index (χ0n) is 9.23. The molecule has 0 saturated heterocycles. The molecule has 1 amide bonds. The van der Waals surface area contributed by atoms with Crippen LogP contribution in [0.1, 0.15) is 17.4 Å². The molecule has 0 aliphatic rings. The number of nitrogens with one attached hydrogen (secondary N) is 2. The Morgan fingerprint density at radius 1 is 1.37 bits per heavy atom. The maximum absolute atomic E-state index is 12.7. The summed E-state index contributed by atoms with van der Waals surface area (Å²) in [7, 11) is 0. The fraction of sp³-hybridized carbons (Fsp3) is 0.333. The normalized spacial score (nSPS) is 14.8. The number of hydrogen-bond donors (Lipinski definition) is 3. The molecule has 0 saturated carbocycles. The van der Waals surface area contributed by atoms with E-state index >= 15 is 0 Å². The minimum Gasteiger partial charge on any atom is -0.479 e. The second kappa shape index (κ2) is 4.93. The predicted octanol–water partition coefficient (Wildman–Crippen LogP) is 2.46. The summed E-state index contributed by atoms with van der Waals surface area (Å²) in [4.78, 5) is 24.5. The summed E-state index contributed by atoms with van der Waals surface area (Å²) in [5, 5.41) is 9.79. The van der Waals surface area contributed by atoms with Gasteiger partial charge in [0.2, 0.25) is 5.54 Å². The predicted molar refractivity (Wildman–Crippen MR) is 60.4 cm³/mol. The summed E-state index contributed by atoms with van der Waals surface area (Å²) in [5.74, 6) is -3.53. The SMILES string of the molecule is CC(NC(=O)c1cc(Cl)c(Cl)[nH]1)(C(=O)O)C(F)(F)F. The van der Waals surface area contributed by atoms with Gasteiger partial charge >= 0.3 is 12.1 Å². The van der Waals surface area contributed by atoms with Crippen LogP contribution in [0.25, 0.3) is 0 Å². The second-order valence-corrected chi connectivity index (χ2v) is 4.51. The molecule has 1 heterocycles. The number of aromatic amines is 1. The smallest absolute Gasteiger partial charge is 0.422 e. The molecular formula is C9H7Cl2F3N2O3. The van der Waals surface area contributed by atoms with Crippen molar-refractivity contribution in [3.8, 4) is 0 Å². The Kier molecular flexibility index (Phi) is 4.06. The van der Waals surface area contributed by atoms with Crippen LogP contribution in [-0.4, -0.2) is 33.7 Å². The number of aromatic nitrogens is 1. The highest BCUT2D eigenvalue weighted by atomic mass is 35.5. The van der Waals surface area contributed by atoms with Crippen LogP contribution in [0.3, 0.4) is 0 Å². The maximum Gasteiger partial charge on any atom is 0.422 e. The Bertz CT molecular complexity index is 510. The summed E-state index contributed by atoms with van der Waals surface area (Å²) in [6, 6.07) is 0.984. The molecule has 1 rings (SSSR count). The first-order chi connectivity index (χ1) is 8.49. The minimum atomic E-state index is -5.17. The number of alkyl halides is 3. The van der Waals surface area contributed by atoms with E-state index in [0.717, 1.165) is 6.07 Å². The van der Waals surface area contributed by atoms with Gasteiger partial charge in [0.15, 0.2) is 0 Å². The summed E-state index contributed by atoms with van der Waals surface area (Å²) in [6.45, 7) is 0.333. The molecule has 0 fully saturated rings. The van der Waals surface area contributed by atoms with Crippen LogP contribution >= 0.6 is 23.2 Å². The fourth-order valence-corrected chi connectivity index (χ4v) is 1.38. The number of carboxylic acid groups (broad SMARTS) is 1. The van der Waals surface area contributed by atoms with E-state index in [-0.39, 0.29) is 15.9 Å². The van der Waals surface area contributed by atoms with E-state index in [1.165, 1.54) is 5.32 Å². The largest absolute Gasteiger partial charge is 0.479 e. The van der Waals surface area contributed by atoms with Gasteiger partial charge in [0.1, 0.15) is 10.8 Å². The number of amides is 1. The molecule has 19 heavy (non-hydrogen) atoms. The second-order valence-electron chi connectivity index (χ2n) is 3.73. The van der Waals surface area contributed by atoms with E-state index < -0.39 is 23.6 Å². The summed E-state index contributed by atoms with van der Waals surface area (Å²) in [6.07, 6.45) is -5.17. The van der Waals surface area contributed by atoms with Gasteiger partial charge in [0.05, 0.1) is 5.02 Å². The van der Waals surface area contributed by atoms with E-state index in [2.05, 4.69) is 4.98 Å². The van der Waals surface area contributed by atoms with Gasteiger partial charge in [-0.1, -0.05) is 23.2 Å². The minimum absolute atomic E-state index is 0.0733. The third-order valence-corrected chi connectivity index (χ3v) is 3.02. The summed E-state index contributed by atoms with van der Waals surface area (Å²) >= 11 is 11.0. The number of carbonyl (C=O) groups excluding carboxylic acids is 1. The van der Waals surface area contributed by atoms with Crippen LogP contribution in [0.2, 0.25) is 10.2 Å². The van der Waals surface area contributed by atoms with Crippen LogP contribution in [0, 0.1) is 0 Å². The lowest BCUT2D eigenvalue weighted by atomic mass is 10.0. The van der Waals surface area contributed by atoms with Gasteiger partial charge in [-0.25, -0.2) is 4.79 Å². The molecular weight excluding hydrogens is 312 g/mol. The standard InChI is InChI=1S/C9H7Cl2F3N2O3/c1-8(7(18)19,9(12,13)14)16-6(17)4-2-3(10)5(11)15-4/h2,15H,1H3,(H,16,17)(H,18,19). The third kappa shape index (κ3) is 2.95. The Morgan fingerprint density at radius 2 is 1.89 bits per heavy atom. The number of carboxylic acids is 1. The molecule has 1 unspecified atom stereocenters. The van der Waals surface area contributed by atoms with Crippen LogP contribution in [0.15, 0.2) is 6.07 Å². The lowest BCUT2D eigenvalue weighted by Crippen LogP contribution is -2.61. The number of rotatable bonds is 3. The van der Waals surface area contributed by atoms with Gasteiger partial charge in [0.25, 0.3) is 5.91 Å². The fourth-order valence-electron chi connectivity index (χ4n) is 1.07. The zero-order chi connectivity index (χ0) is 15.0. The van der Waals surface area contributed by atoms with Crippen molar-refractivity contribution < 1.29 is 27.9 Å². The molecule has 0 bridgehead atoms. The lowest BCUT2D eigenvalue weighted by Gasteiger charge is -2.28. The van der Waals surface area contributed by atoms with Crippen molar-refractivity contribution >= 4 is 35.1 Å². The van der Waals surface area contributed by atoms with E-state index in [0.29, 0.717) is 6.92 Å². The van der Waals surface area contributed by atoms with Gasteiger partial charge in [-0.05, 0) is 13.0 Å². The lowest BCUT2D eigenvalue weighted by molar-refractivity contribution is -0.203. The van der Waals surface area contributed by atoms with E-state index in [4.69, 9.17) is 28.3 Å². The van der Waals surface area contributed by atoms with Crippen molar-refractivity contribution in [2.75, 3.05) is 0 Å². The number of aliphatic carboxylic acids is 1. The highest BCUT2D eigenvalue weighted by Crippen LogP contribution is 2.31. The van der Waals surface area contributed by atoms with Crippen LogP contribution < -0.4 is 5.32 Å². The van der Waals surface area contributed by atoms with Crippen molar-refractivity contribution in [2.45, 2.75) is 18.6 Å². The number of H-pyrrole nitrogens is 1. The molecule has 0 spiro atoms. The molecule has 106 valence electrons. The third-order valence-electron chi connectivity index (χ3n) is 2.33. The summed E-state index contributed by atoms with van der Waals surface area (Å²) < 4.78 is 38.0. The molecule has 1 aromatic rings. The van der Waals surface area contributed by atoms with Crippen molar-refractivity contribution in [1.82, 2.24) is 10.3 Å². The molecule has 0 aliphatic carbocycles. The van der Waals surface area contributed by atoms with Gasteiger partial charge in [0, 0.05) is 0 Å². The Labute approximate surface area is 114 Å². The zero-order valence-corrected chi connectivity index (χ0v) is 10.7. The maximum atomic E-state index is 12.7. The number of halogens is 5. The highest BCUT2D eigenvalue weighted by Gasteiger charge is 2.58. The monoisotopic (exact) mass is 318 g/mol. The van der Waals surface area contributed by atoms with Crippen molar-refractivity contribution in [1.29, 1.82) is 0 Å². The Hall–Kier alpha value is -1.41. The number of hydrogen-bond acceptors (Lipinski definition) is 2. The quantitative estimate of drug-likeness (QED) is 0.800. The van der Waals surface area contributed by atoms with Crippen molar-refractivity contribution in [3.05, 3.63) is 21.9 Å². The van der Waals surface area contributed by atoms with Gasteiger partial charge in [-0.3, -0.25) is 4.79 Å². The Balaban J connectivity index is 3.05. The van der Waals surface area contributed by atoms with Crippen LogP contribution in [0.5, 0.6) is 0 Å². The van der Waals surface area contributed by atoms with Gasteiger partial charge < -0.3 is 15.4 Å². The topological polar surface area (TPSA) is 82.2 Å². The van der Waals surface area contributed by atoms with Crippen molar-refractivity contribution in [3.63, 3.8) is 0 Å². The van der Waals surface area contributed by atoms with Gasteiger partial charge in [-0.2, -0.15) is 13.2 Å². The Morgan fingerprint density at radius 3 is 2.21 bits per heavy atom. The average molecular weight is 319 g/mol. The first kappa shape index (κ1) is 15.6. The average Bonchev–Trinajstić information content (AvgIpc) is 2.57. The van der Waals surface area contributed by atoms with Gasteiger partial charge in [-0.15, -0.1) is 0 Å². The molecule has 3 N–H and O–H groups in total. The van der Waals surface area contributed by atoms with Crippen LogP contribution in [0.4, 0.5) is 13.2 Å². The molecule has 5 nitrogen and oxygen atoms in total. The highest BCUT2D eigenvalue weighted by molar-refractivity contribution is 6.41. The van der Waals surface area contributed by atoms with E-state index in [1.54, 1.807) is 0 Å². The summed E-state index contributed by atoms with van der Waals surface area (Å²) in [5.41, 5.74) is -3.81. The molecule has 0 aliphatic heterocycles. The van der Waals surface area contributed by atoms with E-state index in [1.807, 2.05) is 0 Å². The molecule has 10 heteroatoms. The first-order valence-electron chi connectivity index (χ1n) is 4.65. The van der Waals surface area contributed by atoms with Crippen molar-refractivity contribution in [2.24, 2.45) is 0 Å². The molecule has 0 aromatic carbocycles.